The van der Waals surface area contributed by atoms with Crippen LogP contribution in [0.5, 0.6) is 11.5 Å². The molecule has 1 aromatic rings. The van der Waals surface area contributed by atoms with Crippen molar-refractivity contribution in [1.29, 1.82) is 0 Å². The molecule has 0 fully saturated rings. The van der Waals surface area contributed by atoms with Gasteiger partial charge in [0, 0.05) is 25.3 Å². The van der Waals surface area contributed by atoms with Gasteiger partial charge in [0.2, 0.25) is 0 Å². The van der Waals surface area contributed by atoms with Crippen molar-refractivity contribution in [1.82, 2.24) is 5.32 Å². The Kier molecular flexibility index (Phi) is 12.5. The van der Waals surface area contributed by atoms with Crippen molar-refractivity contribution >= 4 is 6.21 Å². The lowest BCUT2D eigenvalue weighted by molar-refractivity contribution is 0.120. The normalized spacial score (nSPS) is 19.6. The summed E-state index contributed by atoms with van der Waals surface area (Å²) >= 11 is 0. The van der Waals surface area contributed by atoms with Gasteiger partial charge in [0.1, 0.15) is 12.2 Å². The van der Waals surface area contributed by atoms with Crippen LogP contribution in [-0.4, -0.2) is 70.8 Å². The number of ether oxygens (including phenoxy) is 2. The molecule has 0 bridgehead atoms. The third-order valence-corrected chi connectivity index (χ3v) is 7.22. The lowest BCUT2D eigenvalue weighted by Gasteiger charge is -2.23. The number of aliphatic hydroxyl groups is 3. The second-order valence-corrected chi connectivity index (χ2v) is 10.6. The van der Waals surface area contributed by atoms with Gasteiger partial charge in [0.05, 0.1) is 18.1 Å². The summed E-state index contributed by atoms with van der Waals surface area (Å²) in [6.45, 7) is 6.51. The quantitative estimate of drug-likeness (QED) is 0.177. The van der Waals surface area contributed by atoms with Crippen LogP contribution in [0, 0.1) is 18.4 Å². The zero-order valence-electron chi connectivity index (χ0n) is 23.6. The minimum atomic E-state index is -0.956. The Labute approximate surface area is 233 Å². The van der Waals surface area contributed by atoms with Crippen LogP contribution < -0.4 is 10.1 Å². The van der Waals surface area contributed by atoms with E-state index in [0.717, 1.165) is 55.4 Å². The topological polar surface area (TPSA) is 124 Å². The first-order chi connectivity index (χ1) is 18.8. The van der Waals surface area contributed by atoms with Crippen LogP contribution in [0.3, 0.4) is 0 Å². The molecule has 2 aliphatic heterocycles. The third kappa shape index (κ3) is 9.80. The largest absolute Gasteiger partial charge is 0.592 e. The van der Waals surface area contributed by atoms with Crippen LogP contribution in [0.25, 0.3) is 0 Å². The van der Waals surface area contributed by atoms with E-state index in [4.69, 9.17) is 9.47 Å². The highest BCUT2D eigenvalue weighted by atomic mass is 16.5. The predicted molar refractivity (Wildman–Crippen MR) is 153 cm³/mol. The summed E-state index contributed by atoms with van der Waals surface area (Å²) in [6, 6.07) is 5.86. The van der Waals surface area contributed by atoms with Gasteiger partial charge in [0.15, 0.2) is 29.9 Å². The van der Waals surface area contributed by atoms with Gasteiger partial charge in [-0.05, 0) is 57.2 Å². The van der Waals surface area contributed by atoms with E-state index in [-0.39, 0.29) is 37.0 Å². The number of rotatable bonds is 18. The van der Waals surface area contributed by atoms with Gasteiger partial charge in [-0.25, -0.2) is 0 Å². The lowest BCUT2D eigenvalue weighted by atomic mass is 9.90. The molecule has 216 valence electrons. The molecular formula is C31H46N2O6. The molecule has 2 aliphatic rings. The number of phenols is 1. The highest BCUT2D eigenvalue weighted by Gasteiger charge is 2.34. The molecule has 5 N–H and O–H groups in total. The second kappa shape index (κ2) is 15.8. The van der Waals surface area contributed by atoms with Crippen molar-refractivity contribution < 1.29 is 29.9 Å². The summed E-state index contributed by atoms with van der Waals surface area (Å²) < 4.78 is 11.8. The summed E-state index contributed by atoms with van der Waals surface area (Å²) in [5, 5.41) is 43.4. The molecule has 2 heterocycles. The van der Waals surface area contributed by atoms with E-state index >= 15 is 0 Å². The first-order valence-electron chi connectivity index (χ1n) is 14.3. The molecule has 8 heteroatoms. The number of phenolic OH excluding ortho intramolecular Hbond substituents is 1. The molecule has 0 radical (unpaired) electrons. The summed E-state index contributed by atoms with van der Waals surface area (Å²) in [7, 11) is 0. The van der Waals surface area contributed by atoms with Crippen LogP contribution in [0.4, 0.5) is 0 Å². The number of hydrogen-bond acceptors (Lipinski definition) is 8. The highest BCUT2D eigenvalue weighted by Crippen LogP contribution is 2.31. The summed E-state index contributed by atoms with van der Waals surface area (Å²) in [4.78, 5) is 4.40. The van der Waals surface area contributed by atoms with Crippen molar-refractivity contribution in [3.8, 4) is 11.5 Å². The van der Waals surface area contributed by atoms with Crippen molar-refractivity contribution in [2.75, 3.05) is 19.8 Å². The Balaban J connectivity index is 1.50. The first-order valence-corrected chi connectivity index (χ1v) is 14.3. The average molecular weight is 543 g/mol. The Hall–Kier alpha value is -2.65. The predicted octanol–water partition coefficient (Wildman–Crippen LogP) is 4.03. The maximum atomic E-state index is 10.7. The van der Waals surface area contributed by atoms with Crippen molar-refractivity contribution in [2.45, 2.75) is 90.1 Å². The fourth-order valence-electron chi connectivity index (χ4n) is 4.76. The molecular weight excluding hydrogens is 496 g/mol. The third-order valence-electron chi connectivity index (χ3n) is 7.22. The van der Waals surface area contributed by atoms with Gasteiger partial charge < -0.3 is 35.2 Å². The number of allylic oxidation sites excluding steroid dienone is 1. The highest BCUT2D eigenvalue weighted by molar-refractivity contribution is 5.84. The molecule has 0 aliphatic carbocycles. The number of benzene rings is 1. The number of nitrogens with zero attached hydrogens (tertiary/aromatic N) is 1. The number of aromatic hydroxyl groups is 1. The number of aliphatic imine (C=N–C) groups is 1. The van der Waals surface area contributed by atoms with E-state index in [2.05, 4.69) is 36.7 Å². The molecule has 8 nitrogen and oxygen atoms in total. The number of nitrogens with one attached hydrogen (secondary N) is 1. The minimum Gasteiger partial charge on any atom is -0.592 e. The number of aliphatic hydroxyl groups excluding tert-OH is 3. The fraction of sp³-hybridized carbons (Fsp3) is 0.581. The average Bonchev–Trinajstić information content (AvgIpc) is 3.60. The smallest absolute Gasteiger partial charge is 0.181 e. The fourth-order valence-corrected chi connectivity index (χ4v) is 4.76. The zero-order valence-corrected chi connectivity index (χ0v) is 23.6. The van der Waals surface area contributed by atoms with E-state index < -0.39 is 12.2 Å². The molecule has 39 heavy (non-hydrogen) atoms. The summed E-state index contributed by atoms with van der Waals surface area (Å²) in [5.41, 5.74) is 1.98. The molecule has 0 amide bonds. The van der Waals surface area contributed by atoms with Gasteiger partial charge in [0.25, 0.3) is 0 Å². The molecule has 5 unspecified atom stereocenters. The maximum absolute atomic E-state index is 10.7. The summed E-state index contributed by atoms with van der Waals surface area (Å²) in [5.74, 6) is 1.40. The summed E-state index contributed by atoms with van der Waals surface area (Å²) in [6.07, 6.45) is 12.9. The van der Waals surface area contributed by atoms with Crippen LogP contribution >= 0.6 is 0 Å². The van der Waals surface area contributed by atoms with Gasteiger partial charge in [-0.15, -0.1) is 4.99 Å². The SMILES string of the molecule is CCCCC1[CH-]C=C(CCc2ccc(O)c(OCC(O)[C+]3C=C(C(C)C(CCCO)NCC(C)O)C=N3)c2)O1. The number of unbranched alkanes of at least 4 members (excludes halogenated alkanes) is 1. The second-order valence-electron chi connectivity index (χ2n) is 10.6. The number of aryl methyl sites for hydroxylation is 1. The molecule has 0 saturated carbocycles. The van der Waals surface area contributed by atoms with Gasteiger partial charge in [-0.2, -0.15) is 12.5 Å². The van der Waals surface area contributed by atoms with Gasteiger partial charge >= 0.3 is 0 Å². The van der Waals surface area contributed by atoms with E-state index in [1.807, 2.05) is 12.1 Å². The molecule has 0 spiro atoms. The Morgan fingerprint density at radius 3 is 2.77 bits per heavy atom. The van der Waals surface area contributed by atoms with E-state index in [1.165, 1.54) is 0 Å². The van der Waals surface area contributed by atoms with E-state index in [1.54, 1.807) is 25.3 Å². The standard InChI is InChI=1S/C31H46N2O6/c1-4-5-7-25-12-13-26(39-25)11-9-23-10-14-29(36)31(16-23)38-20-30(37)28-17-24(19-33-28)22(3)27(8-6-15-34)32-18-21(2)35/h10,12-14,16-17,19,21-22,25,27,30,32,34-37H,4-9,11,15,18,20H2,1-3H3. The zero-order chi connectivity index (χ0) is 28.2. The lowest BCUT2D eigenvalue weighted by Crippen LogP contribution is -2.40. The van der Waals surface area contributed by atoms with Crippen molar-refractivity contribution in [3.05, 3.63) is 59.7 Å². The molecule has 3 rings (SSSR count). The Morgan fingerprint density at radius 1 is 1.21 bits per heavy atom. The monoisotopic (exact) mass is 542 g/mol. The van der Waals surface area contributed by atoms with Crippen LogP contribution in [0.15, 0.2) is 46.7 Å². The van der Waals surface area contributed by atoms with Crippen LogP contribution in [0.1, 0.15) is 64.9 Å². The molecule has 5 atom stereocenters. The maximum Gasteiger partial charge on any atom is 0.181 e. The molecule has 0 aromatic heterocycles. The minimum absolute atomic E-state index is 0.0240. The Morgan fingerprint density at radius 2 is 2.03 bits per heavy atom. The van der Waals surface area contributed by atoms with Crippen LogP contribution in [0.2, 0.25) is 0 Å². The van der Waals surface area contributed by atoms with E-state index in [9.17, 15) is 20.4 Å². The molecule has 1 aromatic carbocycles. The number of hydrogen-bond donors (Lipinski definition) is 5. The van der Waals surface area contributed by atoms with Gasteiger partial charge in [-0.3, -0.25) is 0 Å². The van der Waals surface area contributed by atoms with E-state index in [0.29, 0.717) is 24.8 Å². The Bertz CT molecular complexity index is 976. The van der Waals surface area contributed by atoms with Gasteiger partial charge in [-0.1, -0.05) is 38.0 Å². The van der Waals surface area contributed by atoms with Crippen molar-refractivity contribution in [2.24, 2.45) is 10.9 Å². The first kappa shape index (κ1) is 30.9. The van der Waals surface area contributed by atoms with Crippen molar-refractivity contribution in [3.63, 3.8) is 0 Å². The molecule has 0 saturated heterocycles. The van der Waals surface area contributed by atoms with Crippen LogP contribution in [-0.2, 0) is 11.2 Å².